The van der Waals surface area contributed by atoms with Crippen molar-refractivity contribution in [1.29, 1.82) is 0 Å². The summed E-state index contributed by atoms with van der Waals surface area (Å²) in [5.74, 6) is 0.861. The third-order valence-corrected chi connectivity index (χ3v) is 3.98. The van der Waals surface area contributed by atoms with Gasteiger partial charge in [-0.3, -0.25) is 0 Å². The lowest BCUT2D eigenvalue weighted by Gasteiger charge is -2.24. The van der Waals surface area contributed by atoms with Crippen LogP contribution in [0.1, 0.15) is 57.6 Å². The minimum Gasteiger partial charge on any atom is -0.494 e. The van der Waals surface area contributed by atoms with Gasteiger partial charge in [0.1, 0.15) is 5.75 Å². The summed E-state index contributed by atoms with van der Waals surface area (Å²) in [5, 5.41) is 6.08. The molecule has 1 atom stereocenters. The van der Waals surface area contributed by atoms with E-state index < -0.39 is 0 Å². The molecule has 1 aliphatic carbocycles. The average molecular weight is 290 g/mol. The second-order valence-electron chi connectivity index (χ2n) is 5.68. The van der Waals surface area contributed by atoms with E-state index in [0.717, 1.165) is 24.2 Å². The Balaban J connectivity index is 1.82. The highest BCUT2D eigenvalue weighted by Gasteiger charge is 2.17. The van der Waals surface area contributed by atoms with Crippen LogP contribution in [0.5, 0.6) is 5.75 Å². The smallest absolute Gasteiger partial charge is 0.315 e. The zero-order valence-corrected chi connectivity index (χ0v) is 13.0. The summed E-state index contributed by atoms with van der Waals surface area (Å²) in [6, 6.07) is 8.14. The number of benzene rings is 1. The predicted octanol–water partition coefficient (Wildman–Crippen LogP) is 3.78. The first-order chi connectivity index (χ1) is 10.2. The fraction of sp³-hybridized carbons (Fsp3) is 0.588. The lowest BCUT2D eigenvalue weighted by atomic mass is 9.96. The minimum absolute atomic E-state index is 0.00994. The highest BCUT2D eigenvalue weighted by molar-refractivity contribution is 5.74. The monoisotopic (exact) mass is 290 g/mol. The summed E-state index contributed by atoms with van der Waals surface area (Å²) in [5.41, 5.74) is 1.08. The van der Waals surface area contributed by atoms with Gasteiger partial charge in [0, 0.05) is 6.04 Å². The van der Waals surface area contributed by atoms with Gasteiger partial charge >= 0.3 is 6.03 Å². The number of rotatable bonds is 5. The highest BCUT2D eigenvalue weighted by atomic mass is 16.5. The van der Waals surface area contributed by atoms with Crippen molar-refractivity contribution < 1.29 is 9.53 Å². The molecule has 116 valence electrons. The fourth-order valence-corrected chi connectivity index (χ4v) is 2.77. The van der Waals surface area contributed by atoms with Crippen molar-refractivity contribution >= 4 is 6.03 Å². The number of urea groups is 1. The van der Waals surface area contributed by atoms with E-state index in [0.29, 0.717) is 12.6 Å². The molecule has 2 rings (SSSR count). The Labute approximate surface area is 127 Å². The summed E-state index contributed by atoms with van der Waals surface area (Å²) in [7, 11) is 0. The lowest BCUT2D eigenvalue weighted by molar-refractivity contribution is 0.229. The molecule has 1 aromatic rings. The molecule has 1 saturated carbocycles. The van der Waals surface area contributed by atoms with Gasteiger partial charge in [-0.25, -0.2) is 4.79 Å². The molecule has 1 aromatic carbocycles. The van der Waals surface area contributed by atoms with Crippen LogP contribution in [0.25, 0.3) is 0 Å². The van der Waals surface area contributed by atoms with Crippen molar-refractivity contribution in [3.8, 4) is 5.75 Å². The Morgan fingerprint density at radius 2 is 1.90 bits per heavy atom. The molecule has 0 saturated heterocycles. The van der Waals surface area contributed by atoms with Crippen LogP contribution in [0.4, 0.5) is 4.79 Å². The van der Waals surface area contributed by atoms with Crippen molar-refractivity contribution in [3.63, 3.8) is 0 Å². The van der Waals surface area contributed by atoms with E-state index in [-0.39, 0.29) is 12.1 Å². The third kappa shape index (κ3) is 4.96. The summed E-state index contributed by atoms with van der Waals surface area (Å²) >= 11 is 0. The maximum atomic E-state index is 12.0. The number of carbonyl (C=O) groups is 1. The number of hydrogen-bond acceptors (Lipinski definition) is 2. The molecule has 4 nitrogen and oxygen atoms in total. The molecule has 4 heteroatoms. The number of hydrogen-bond donors (Lipinski definition) is 2. The second-order valence-corrected chi connectivity index (χ2v) is 5.68. The standard InChI is InChI=1S/C17H26N2O2/c1-3-21-16-11-9-14(10-12-16)13(2)18-17(20)19-15-7-5-4-6-8-15/h9-13,15H,3-8H2,1-2H3,(H2,18,19,20)/t13-/m1/s1. The van der Waals surface area contributed by atoms with Gasteiger partial charge in [-0.2, -0.15) is 0 Å². The first-order valence-corrected chi connectivity index (χ1v) is 7.99. The van der Waals surface area contributed by atoms with Crippen LogP contribution in [-0.4, -0.2) is 18.7 Å². The average Bonchev–Trinajstić information content (AvgIpc) is 2.49. The molecule has 0 aromatic heterocycles. The zero-order valence-electron chi connectivity index (χ0n) is 13.0. The van der Waals surface area contributed by atoms with Gasteiger partial charge in [0.15, 0.2) is 0 Å². The molecule has 2 amide bonds. The second kappa shape index (κ2) is 7.91. The Morgan fingerprint density at radius 3 is 2.52 bits per heavy atom. The van der Waals surface area contributed by atoms with E-state index in [1.54, 1.807) is 0 Å². The molecular formula is C17H26N2O2. The van der Waals surface area contributed by atoms with Crippen molar-refractivity contribution in [2.45, 2.75) is 58.0 Å². The lowest BCUT2D eigenvalue weighted by Crippen LogP contribution is -2.43. The SMILES string of the molecule is CCOc1ccc([C@@H](C)NC(=O)NC2CCCCC2)cc1. The number of amides is 2. The van der Waals surface area contributed by atoms with Gasteiger partial charge < -0.3 is 15.4 Å². The Bertz CT molecular complexity index is 439. The van der Waals surface area contributed by atoms with Crippen molar-refractivity contribution in [3.05, 3.63) is 29.8 Å². The topological polar surface area (TPSA) is 50.4 Å². The minimum atomic E-state index is -0.0664. The van der Waals surface area contributed by atoms with Gasteiger partial charge in [0.2, 0.25) is 0 Å². The van der Waals surface area contributed by atoms with E-state index in [1.807, 2.05) is 38.1 Å². The number of ether oxygens (including phenoxy) is 1. The van der Waals surface area contributed by atoms with Crippen LogP contribution < -0.4 is 15.4 Å². The molecule has 1 fully saturated rings. The molecule has 0 bridgehead atoms. The van der Waals surface area contributed by atoms with Gasteiger partial charge in [-0.15, -0.1) is 0 Å². The van der Waals surface area contributed by atoms with Gasteiger partial charge in [-0.1, -0.05) is 31.4 Å². The van der Waals surface area contributed by atoms with Gasteiger partial charge in [0.25, 0.3) is 0 Å². The Kier molecular flexibility index (Phi) is 5.90. The van der Waals surface area contributed by atoms with E-state index in [1.165, 1.54) is 19.3 Å². The maximum absolute atomic E-state index is 12.0. The largest absolute Gasteiger partial charge is 0.494 e. The van der Waals surface area contributed by atoms with Crippen molar-refractivity contribution in [1.82, 2.24) is 10.6 Å². The number of carbonyl (C=O) groups excluding carboxylic acids is 1. The molecule has 21 heavy (non-hydrogen) atoms. The highest BCUT2D eigenvalue weighted by Crippen LogP contribution is 2.19. The van der Waals surface area contributed by atoms with E-state index >= 15 is 0 Å². The first kappa shape index (κ1) is 15.7. The summed E-state index contributed by atoms with van der Waals surface area (Å²) in [6.45, 7) is 4.63. The zero-order chi connectivity index (χ0) is 15.1. The number of nitrogens with one attached hydrogen (secondary N) is 2. The molecular weight excluding hydrogens is 264 g/mol. The molecule has 1 aliphatic rings. The van der Waals surface area contributed by atoms with E-state index in [9.17, 15) is 4.79 Å². The normalized spacial score (nSPS) is 17.0. The summed E-state index contributed by atoms with van der Waals surface area (Å²) < 4.78 is 5.42. The van der Waals surface area contributed by atoms with Crippen molar-refractivity contribution in [2.24, 2.45) is 0 Å². The van der Waals surface area contributed by atoms with Crippen LogP contribution in [0.3, 0.4) is 0 Å². The van der Waals surface area contributed by atoms with Crippen LogP contribution >= 0.6 is 0 Å². The molecule has 0 unspecified atom stereocenters. The summed E-state index contributed by atoms with van der Waals surface area (Å²) in [6.07, 6.45) is 5.94. The fourth-order valence-electron chi connectivity index (χ4n) is 2.77. The van der Waals surface area contributed by atoms with Crippen molar-refractivity contribution in [2.75, 3.05) is 6.61 Å². The van der Waals surface area contributed by atoms with Gasteiger partial charge in [-0.05, 0) is 44.4 Å². The predicted molar refractivity (Wildman–Crippen MR) is 84.6 cm³/mol. The molecule has 0 aliphatic heterocycles. The van der Waals surface area contributed by atoms with E-state index in [2.05, 4.69) is 10.6 Å². The third-order valence-electron chi connectivity index (χ3n) is 3.98. The molecule has 2 N–H and O–H groups in total. The van der Waals surface area contributed by atoms with Gasteiger partial charge in [0.05, 0.1) is 12.6 Å². The molecule has 0 heterocycles. The quantitative estimate of drug-likeness (QED) is 0.867. The molecule has 0 radical (unpaired) electrons. The molecule has 0 spiro atoms. The van der Waals surface area contributed by atoms with Crippen LogP contribution in [0.2, 0.25) is 0 Å². The summed E-state index contributed by atoms with van der Waals surface area (Å²) in [4.78, 5) is 12.0. The Hall–Kier alpha value is -1.71. The van der Waals surface area contributed by atoms with E-state index in [4.69, 9.17) is 4.74 Å². The van der Waals surface area contributed by atoms with Crippen LogP contribution in [-0.2, 0) is 0 Å². The first-order valence-electron chi connectivity index (χ1n) is 7.99. The van der Waals surface area contributed by atoms with Crippen LogP contribution in [0, 0.1) is 0 Å². The Morgan fingerprint density at radius 1 is 1.24 bits per heavy atom. The maximum Gasteiger partial charge on any atom is 0.315 e. The van der Waals surface area contributed by atoms with Crippen LogP contribution in [0.15, 0.2) is 24.3 Å².